The van der Waals surface area contributed by atoms with E-state index < -0.39 is 21.0 Å². The van der Waals surface area contributed by atoms with Gasteiger partial charge in [-0.25, -0.2) is 17.8 Å². The van der Waals surface area contributed by atoms with Crippen LogP contribution in [-0.2, 0) is 16.4 Å². The minimum absolute atomic E-state index is 0.0942. The quantitative estimate of drug-likeness (QED) is 0.403. The summed E-state index contributed by atoms with van der Waals surface area (Å²) in [5.41, 5.74) is 0.817. The number of aromatic nitrogens is 3. The number of carbonyl (C=O) groups excluding carboxylic acids is 1. The number of amides is 1. The van der Waals surface area contributed by atoms with Crippen LogP contribution in [0.4, 0.5) is 9.52 Å². The van der Waals surface area contributed by atoms with Crippen LogP contribution in [0.1, 0.15) is 24.2 Å². The Kier molecular flexibility index (Phi) is 6.07. The van der Waals surface area contributed by atoms with E-state index in [0.29, 0.717) is 21.9 Å². The van der Waals surface area contributed by atoms with E-state index in [1.165, 1.54) is 40.5 Å². The van der Waals surface area contributed by atoms with Gasteiger partial charge in [0.25, 0.3) is 5.91 Å². The molecular formula is C22H21FN4O3S2. The summed E-state index contributed by atoms with van der Waals surface area (Å²) in [7, 11) is -3.54. The van der Waals surface area contributed by atoms with Crippen LogP contribution in [0.5, 0.6) is 0 Å². The lowest BCUT2D eigenvalue weighted by atomic mass is 10.2. The molecule has 2 aromatic carbocycles. The minimum atomic E-state index is -3.54. The molecule has 4 aromatic rings. The van der Waals surface area contributed by atoms with Crippen molar-refractivity contribution in [1.29, 1.82) is 0 Å². The molecule has 0 N–H and O–H groups in total. The molecule has 32 heavy (non-hydrogen) atoms. The fraction of sp³-hybridized carbons (Fsp3) is 0.227. The molecule has 0 spiro atoms. The van der Waals surface area contributed by atoms with Crippen LogP contribution in [0.2, 0.25) is 0 Å². The average Bonchev–Trinajstić information content (AvgIpc) is 3.43. The van der Waals surface area contributed by atoms with Crippen molar-refractivity contribution >= 4 is 42.4 Å². The lowest BCUT2D eigenvalue weighted by Crippen LogP contribution is -2.34. The van der Waals surface area contributed by atoms with Crippen LogP contribution in [0.25, 0.3) is 10.2 Å². The van der Waals surface area contributed by atoms with Gasteiger partial charge in [-0.05, 0) is 56.3 Å². The lowest BCUT2D eigenvalue weighted by molar-refractivity contribution is 0.0985. The van der Waals surface area contributed by atoms with Crippen molar-refractivity contribution in [3.8, 4) is 0 Å². The van der Waals surface area contributed by atoms with Gasteiger partial charge < -0.3 is 0 Å². The maximum Gasteiger partial charge on any atom is 0.260 e. The van der Waals surface area contributed by atoms with Crippen molar-refractivity contribution in [3.63, 3.8) is 0 Å². The summed E-state index contributed by atoms with van der Waals surface area (Å²) in [5.74, 6) is -0.772. The van der Waals surface area contributed by atoms with Gasteiger partial charge in [0, 0.05) is 24.5 Å². The topological polar surface area (TPSA) is 85.2 Å². The van der Waals surface area contributed by atoms with Gasteiger partial charge in [-0.3, -0.25) is 14.4 Å². The van der Waals surface area contributed by atoms with Crippen molar-refractivity contribution in [2.75, 3.05) is 11.4 Å². The third kappa shape index (κ3) is 4.42. The van der Waals surface area contributed by atoms with Crippen LogP contribution in [0.15, 0.2) is 65.8 Å². The van der Waals surface area contributed by atoms with Crippen LogP contribution >= 0.6 is 11.3 Å². The van der Waals surface area contributed by atoms with E-state index in [9.17, 15) is 17.6 Å². The second-order valence-corrected chi connectivity index (χ2v) is 11.0. The molecule has 2 aromatic heterocycles. The Morgan fingerprint density at radius 2 is 2.00 bits per heavy atom. The van der Waals surface area contributed by atoms with Gasteiger partial charge in [-0.2, -0.15) is 5.10 Å². The number of rotatable bonds is 7. The highest BCUT2D eigenvalue weighted by Crippen LogP contribution is 2.30. The summed E-state index contributed by atoms with van der Waals surface area (Å²) >= 11 is 1.20. The molecule has 10 heteroatoms. The molecule has 2 heterocycles. The number of sulfone groups is 1. The summed E-state index contributed by atoms with van der Waals surface area (Å²) in [6.07, 6.45) is 3.43. The zero-order valence-electron chi connectivity index (χ0n) is 17.5. The van der Waals surface area contributed by atoms with Gasteiger partial charge in [-0.1, -0.05) is 17.4 Å². The molecule has 4 rings (SSSR count). The highest BCUT2D eigenvalue weighted by molar-refractivity contribution is 7.92. The van der Waals surface area contributed by atoms with E-state index in [2.05, 4.69) is 10.1 Å². The molecule has 166 valence electrons. The molecule has 0 aliphatic heterocycles. The lowest BCUT2D eigenvalue weighted by Gasteiger charge is -2.20. The van der Waals surface area contributed by atoms with Crippen molar-refractivity contribution in [2.45, 2.75) is 30.5 Å². The molecule has 0 unspecified atom stereocenters. The number of anilines is 1. The largest absolute Gasteiger partial charge is 0.282 e. The van der Waals surface area contributed by atoms with E-state index >= 15 is 0 Å². The molecule has 0 aliphatic rings. The predicted molar refractivity (Wildman–Crippen MR) is 122 cm³/mol. The number of carbonyl (C=O) groups is 1. The molecule has 0 fully saturated rings. The minimum Gasteiger partial charge on any atom is -0.282 e. The van der Waals surface area contributed by atoms with E-state index in [0.717, 1.165) is 0 Å². The summed E-state index contributed by atoms with van der Waals surface area (Å²) in [6.45, 7) is 3.86. The number of fused-ring (bicyclic) bond motifs is 1. The second kappa shape index (κ2) is 8.79. The van der Waals surface area contributed by atoms with Gasteiger partial charge in [0.2, 0.25) is 0 Å². The van der Waals surface area contributed by atoms with E-state index in [-0.39, 0.29) is 22.8 Å². The molecule has 1 amide bonds. The molecule has 7 nitrogen and oxygen atoms in total. The van der Waals surface area contributed by atoms with Crippen LogP contribution < -0.4 is 4.90 Å². The number of hydrogen-bond acceptors (Lipinski definition) is 6. The fourth-order valence-corrected chi connectivity index (χ4v) is 5.27. The van der Waals surface area contributed by atoms with E-state index in [1.807, 2.05) is 0 Å². The van der Waals surface area contributed by atoms with E-state index in [4.69, 9.17) is 0 Å². The number of thiazole rings is 1. The molecule has 0 atom stereocenters. The number of benzene rings is 2. The zero-order valence-corrected chi connectivity index (χ0v) is 19.1. The molecular weight excluding hydrogens is 451 g/mol. The second-order valence-electron chi connectivity index (χ2n) is 7.46. The third-order valence-electron chi connectivity index (χ3n) is 4.96. The summed E-state index contributed by atoms with van der Waals surface area (Å²) < 4.78 is 41.2. The Hall–Kier alpha value is -3.11. The van der Waals surface area contributed by atoms with Crippen molar-refractivity contribution in [1.82, 2.24) is 14.8 Å². The van der Waals surface area contributed by atoms with Crippen molar-refractivity contribution in [2.24, 2.45) is 0 Å². The summed E-state index contributed by atoms with van der Waals surface area (Å²) in [5, 5.41) is 3.96. The first kappa shape index (κ1) is 22.1. The highest BCUT2D eigenvalue weighted by atomic mass is 32.2. The first-order chi connectivity index (χ1) is 15.3. The summed E-state index contributed by atoms with van der Waals surface area (Å²) in [6, 6.07) is 12.1. The summed E-state index contributed by atoms with van der Waals surface area (Å²) in [4.78, 5) is 19.6. The Bertz CT molecular complexity index is 1370. The van der Waals surface area contributed by atoms with Gasteiger partial charge >= 0.3 is 0 Å². The fourth-order valence-electron chi connectivity index (χ4n) is 3.16. The molecule has 0 aliphatic carbocycles. The Labute approximate surface area is 189 Å². The number of halogens is 1. The average molecular weight is 473 g/mol. The van der Waals surface area contributed by atoms with E-state index in [1.54, 1.807) is 55.2 Å². The molecule has 0 bridgehead atoms. The Balaban J connectivity index is 1.72. The highest BCUT2D eigenvalue weighted by Gasteiger charge is 2.25. The van der Waals surface area contributed by atoms with Crippen molar-refractivity contribution in [3.05, 3.63) is 72.3 Å². The first-order valence-electron chi connectivity index (χ1n) is 9.95. The number of nitrogens with zero attached hydrogens (tertiary/aromatic N) is 4. The first-order valence-corrected chi connectivity index (χ1v) is 12.3. The maximum absolute atomic E-state index is 13.7. The number of hydrogen-bond donors (Lipinski definition) is 0. The zero-order chi connectivity index (χ0) is 22.9. The van der Waals surface area contributed by atoms with Gasteiger partial charge in [0.15, 0.2) is 15.0 Å². The van der Waals surface area contributed by atoms with Gasteiger partial charge in [0.05, 0.1) is 26.9 Å². The van der Waals surface area contributed by atoms with Crippen LogP contribution in [0.3, 0.4) is 0 Å². The van der Waals surface area contributed by atoms with Crippen LogP contribution in [-0.4, -0.2) is 40.9 Å². The normalized spacial score (nSPS) is 11.9. The van der Waals surface area contributed by atoms with Crippen LogP contribution in [0, 0.1) is 5.82 Å². The monoisotopic (exact) mass is 472 g/mol. The molecule has 0 radical (unpaired) electrons. The smallest absolute Gasteiger partial charge is 0.260 e. The van der Waals surface area contributed by atoms with Gasteiger partial charge in [-0.15, -0.1) is 0 Å². The predicted octanol–water partition coefficient (Wildman–Crippen LogP) is 4.16. The molecule has 0 saturated carbocycles. The van der Waals surface area contributed by atoms with Gasteiger partial charge in [0.1, 0.15) is 5.82 Å². The Morgan fingerprint density at radius 3 is 2.72 bits per heavy atom. The molecule has 0 saturated heterocycles. The maximum atomic E-state index is 13.7. The third-order valence-corrected chi connectivity index (χ3v) is 8.15. The standard InChI is InChI=1S/C22H21FN4O3S2/c1-15(2)32(29,30)18-6-3-5-16(13-18)21(28)27(12-11-26-10-4-9-24-26)22-25-19-8-7-17(23)14-20(19)31-22/h3-10,13-15H,11-12H2,1-2H3. The Morgan fingerprint density at radius 1 is 1.19 bits per heavy atom. The van der Waals surface area contributed by atoms with Crippen molar-refractivity contribution < 1.29 is 17.6 Å². The SMILES string of the molecule is CC(C)S(=O)(=O)c1cccc(C(=O)N(CCn2cccn2)c2nc3ccc(F)cc3s2)c1.